The van der Waals surface area contributed by atoms with Crippen LogP contribution in [-0.2, 0) is 0 Å². The summed E-state index contributed by atoms with van der Waals surface area (Å²) in [4.78, 5) is 23.9. The number of thiophene rings is 1. The molecule has 2 aromatic rings. The lowest BCUT2D eigenvalue weighted by molar-refractivity contribution is 0.0702. The minimum atomic E-state index is -0.912. The van der Waals surface area contributed by atoms with Crippen molar-refractivity contribution in [2.45, 2.75) is 39.0 Å². The number of hydrogen-bond donors (Lipinski definition) is 1. The van der Waals surface area contributed by atoms with Gasteiger partial charge in [0.1, 0.15) is 15.2 Å². The van der Waals surface area contributed by atoms with Gasteiger partial charge in [0.2, 0.25) is 0 Å². The zero-order chi connectivity index (χ0) is 15.0. The molecule has 0 unspecified atom stereocenters. The molecule has 6 heteroatoms. The fourth-order valence-corrected chi connectivity index (χ4v) is 3.50. The molecule has 3 rings (SSSR count). The first-order valence-corrected chi connectivity index (χ1v) is 8.17. The van der Waals surface area contributed by atoms with Crippen LogP contribution in [0.1, 0.15) is 54.4 Å². The molecule has 1 fully saturated rings. The van der Waals surface area contributed by atoms with Gasteiger partial charge in [-0.05, 0) is 31.2 Å². The van der Waals surface area contributed by atoms with Crippen molar-refractivity contribution in [2.24, 2.45) is 0 Å². The van der Waals surface area contributed by atoms with E-state index in [4.69, 9.17) is 15.1 Å². The molecular formula is C15H19N3O2S. The minimum absolute atomic E-state index is 0.270. The molecule has 0 aromatic carbocycles. The Kier molecular flexibility index (Phi) is 3.80. The summed E-state index contributed by atoms with van der Waals surface area (Å²) < 4.78 is 0. The minimum Gasteiger partial charge on any atom is -0.477 e. The van der Waals surface area contributed by atoms with Crippen molar-refractivity contribution < 1.29 is 9.90 Å². The maximum absolute atomic E-state index is 11.1. The number of anilines is 1. The number of carbonyl (C=O) groups is 1. The Hall–Kier alpha value is -1.69. The fourth-order valence-electron chi connectivity index (χ4n) is 2.70. The van der Waals surface area contributed by atoms with E-state index in [-0.39, 0.29) is 5.92 Å². The highest BCUT2D eigenvalue weighted by Crippen LogP contribution is 2.31. The number of carboxylic acid groups (broad SMARTS) is 1. The van der Waals surface area contributed by atoms with Gasteiger partial charge >= 0.3 is 5.97 Å². The highest BCUT2D eigenvalue weighted by atomic mass is 32.1. The van der Waals surface area contributed by atoms with Gasteiger partial charge in [-0.2, -0.15) is 0 Å². The van der Waals surface area contributed by atoms with Gasteiger partial charge in [-0.25, -0.2) is 14.8 Å². The molecule has 3 heterocycles. The van der Waals surface area contributed by atoms with E-state index in [0.29, 0.717) is 10.4 Å². The fraction of sp³-hybridized carbons (Fsp3) is 0.533. The van der Waals surface area contributed by atoms with Crippen LogP contribution in [0.4, 0.5) is 5.82 Å². The van der Waals surface area contributed by atoms with E-state index in [2.05, 4.69) is 18.7 Å². The van der Waals surface area contributed by atoms with Crippen molar-refractivity contribution in [2.75, 3.05) is 18.0 Å². The molecule has 5 nitrogen and oxygen atoms in total. The molecule has 112 valence electrons. The maximum Gasteiger partial charge on any atom is 0.346 e. The van der Waals surface area contributed by atoms with Crippen LogP contribution >= 0.6 is 11.3 Å². The first kappa shape index (κ1) is 14.3. The number of nitrogens with zero attached hydrogens (tertiary/aromatic N) is 3. The second-order valence-corrected chi connectivity index (χ2v) is 6.77. The Morgan fingerprint density at radius 1 is 1.29 bits per heavy atom. The third-order valence-corrected chi connectivity index (χ3v) is 4.79. The zero-order valence-corrected chi connectivity index (χ0v) is 13.1. The predicted octanol–water partition coefficient (Wildman–Crippen LogP) is 3.50. The van der Waals surface area contributed by atoms with E-state index in [0.717, 1.165) is 29.4 Å². The van der Waals surface area contributed by atoms with Crippen LogP contribution in [-0.4, -0.2) is 34.1 Å². The normalized spacial score (nSPS) is 15.9. The Balaban J connectivity index is 2.11. The van der Waals surface area contributed by atoms with Gasteiger partial charge in [0.25, 0.3) is 0 Å². The average molecular weight is 305 g/mol. The summed E-state index contributed by atoms with van der Waals surface area (Å²) in [5, 5.41) is 9.13. The molecule has 0 amide bonds. The summed E-state index contributed by atoms with van der Waals surface area (Å²) in [6.45, 7) is 6.23. The van der Waals surface area contributed by atoms with Gasteiger partial charge < -0.3 is 10.0 Å². The quantitative estimate of drug-likeness (QED) is 0.940. The third-order valence-electron chi connectivity index (χ3n) is 3.78. The van der Waals surface area contributed by atoms with Crippen molar-refractivity contribution in [3.8, 4) is 0 Å². The summed E-state index contributed by atoms with van der Waals surface area (Å²) in [7, 11) is 0. The molecule has 21 heavy (non-hydrogen) atoms. The number of fused-ring (bicyclic) bond motifs is 1. The van der Waals surface area contributed by atoms with Crippen molar-refractivity contribution >= 4 is 33.5 Å². The van der Waals surface area contributed by atoms with Crippen molar-refractivity contribution in [3.05, 3.63) is 16.6 Å². The number of aromatic nitrogens is 2. The molecule has 1 aliphatic heterocycles. The number of piperidine rings is 1. The zero-order valence-electron chi connectivity index (χ0n) is 12.3. The van der Waals surface area contributed by atoms with E-state index in [1.54, 1.807) is 6.07 Å². The molecule has 0 atom stereocenters. The lowest BCUT2D eigenvalue weighted by atomic mass is 10.1. The highest BCUT2D eigenvalue weighted by Gasteiger charge is 2.21. The topological polar surface area (TPSA) is 66.3 Å². The van der Waals surface area contributed by atoms with Crippen LogP contribution in [0.25, 0.3) is 10.3 Å². The van der Waals surface area contributed by atoms with Crippen molar-refractivity contribution in [1.82, 2.24) is 9.97 Å². The van der Waals surface area contributed by atoms with E-state index in [1.807, 2.05) is 0 Å². The molecule has 0 aliphatic carbocycles. The lowest BCUT2D eigenvalue weighted by Crippen LogP contribution is -2.31. The second-order valence-electron chi connectivity index (χ2n) is 5.74. The highest BCUT2D eigenvalue weighted by molar-refractivity contribution is 7.20. The molecule has 1 aliphatic rings. The molecule has 0 spiro atoms. The third kappa shape index (κ3) is 2.72. The Labute approximate surface area is 127 Å². The van der Waals surface area contributed by atoms with Crippen LogP contribution < -0.4 is 4.90 Å². The summed E-state index contributed by atoms with van der Waals surface area (Å²) in [6, 6.07) is 1.63. The number of carboxylic acids is 1. The summed E-state index contributed by atoms with van der Waals surface area (Å²) in [6.07, 6.45) is 3.63. The summed E-state index contributed by atoms with van der Waals surface area (Å²) >= 11 is 1.20. The van der Waals surface area contributed by atoms with Gasteiger partial charge in [0.05, 0.1) is 5.69 Å². The van der Waals surface area contributed by atoms with E-state index in [1.165, 1.54) is 30.6 Å². The number of rotatable bonds is 3. The van der Waals surface area contributed by atoms with Crippen LogP contribution in [0.15, 0.2) is 6.07 Å². The lowest BCUT2D eigenvalue weighted by Gasteiger charge is -2.29. The smallest absolute Gasteiger partial charge is 0.346 e. The molecule has 1 N–H and O–H groups in total. The van der Waals surface area contributed by atoms with Gasteiger partial charge in [-0.15, -0.1) is 11.3 Å². The van der Waals surface area contributed by atoms with E-state index < -0.39 is 5.97 Å². The van der Waals surface area contributed by atoms with Gasteiger partial charge in [-0.3, -0.25) is 0 Å². The largest absolute Gasteiger partial charge is 0.477 e. The van der Waals surface area contributed by atoms with Crippen LogP contribution in [0, 0.1) is 0 Å². The Morgan fingerprint density at radius 2 is 2.00 bits per heavy atom. The SMILES string of the molecule is CC(C)c1nc2cc(C(=O)O)sc2nc1N1CCCCC1. The van der Waals surface area contributed by atoms with Crippen molar-refractivity contribution in [3.63, 3.8) is 0 Å². The molecule has 0 saturated carbocycles. The van der Waals surface area contributed by atoms with Gasteiger partial charge in [0, 0.05) is 13.1 Å². The van der Waals surface area contributed by atoms with Crippen LogP contribution in [0.2, 0.25) is 0 Å². The second kappa shape index (κ2) is 5.60. The predicted molar refractivity (Wildman–Crippen MR) is 84.5 cm³/mol. The number of hydrogen-bond acceptors (Lipinski definition) is 5. The van der Waals surface area contributed by atoms with Gasteiger partial charge in [-0.1, -0.05) is 13.8 Å². The molecule has 2 aromatic heterocycles. The van der Waals surface area contributed by atoms with Crippen LogP contribution in [0.5, 0.6) is 0 Å². The Bertz CT molecular complexity index is 675. The van der Waals surface area contributed by atoms with Crippen LogP contribution in [0.3, 0.4) is 0 Å². The molecular weight excluding hydrogens is 286 g/mol. The summed E-state index contributed by atoms with van der Waals surface area (Å²) in [5.74, 6) is 0.299. The van der Waals surface area contributed by atoms with Crippen molar-refractivity contribution in [1.29, 1.82) is 0 Å². The molecule has 1 saturated heterocycles. The molecule has 0 radical (unpaired) electrons. The van der Waals surface area contributed by atoms with E-state index in [9.17, 15) is 4.79 Å². The standard InChI is InChI=1S/C15H19N3O2S/c1-9(2)12-13(18-6-4-3-5-7-18)17-14-10(16-12)8-11(21-14)15(19)20/h8-9H,3-7H2,1-2H3,(H,19,20). The van der Waals surface area contributed by atoms with Gasteiger partial charge in [0.15, 0.2) is 5.82 Å². The molecule has 0 bridgehead atoms. The Morgan fingerprint density at radius 3 is 2.62 bits per heavy atom. The average Bonchev–Trinajstić information content (AvgIpc) is 2.90. The number of aromatic carboxylic acids is 1. The first-order valence-electron chi connectivity index (χ1n) is 7.36. The first-order chi connectivity index (χ1) is 10.1. The van der Waals surface area contributed by atoms with E-state index >= 15 is 0 Å². The monoisotopic (exact) mass is 305 g/mol. The maximum atomic E-state index is 11.1. The summed E-state index contributed by atoms with van der Waals surface area (Å²) in [5.41, 5.74) is 1.67.